The molecule has 2 rings (SSSR count). The molecular formula is C15H19N3O5. The molecule has 23 heavy (non-hydrogen) atoms. The number of fused-ring (bicyclic) bond motifs is 1. The molecule has 2 N–H and O–H groups in total. The van der Waals surface area contributed by atoms with Crippen LogP contribution in [0, 0.1) is 5.92 Å². The van der Waals surface area contributed by atoms with Gasteiger partial charge in [0.25, 0.3) is 5.91 Å². The van der Waals surface area contributed by atoms with Crippen molar-refractivity contribution in [1.82, 2.24) is 10.3 Å². The van der Waals surface area contributed by atoms with Gasteiger partial charge in [0.15, 0.2) is 18.2 Å². The molecule has 0 spiro atoms. The maximum Gasteiger partial charge on any atom is 0.326 e. The zero-order valence-corrected chi connectivity index (χ0v) is 13.0. The Hall–Kier alpha value is -2.64. The molecular weight excluding hydrogens is 302 g/mol. The van der Waals surface area contributed by atoms with Crippen molar-refractivity contribution in [3.05, 3.63) is 18.3 Å². The van der Waals surface area contributed by atoms with E-state index in [1.807, 2.05) is 13.8 Å². The maximum absolute atomic E-state index is 12.1. The smallest absolute Gasteiger partial charge is 0.326 e. The highest BCUT2D eigenvalue weighted by Gasteiger charge is 2.29. The highest BCUT2D eigenvalue weighted by Crippen LogP contribution is 2.28. The Balaban J connectivity index is 2.07. The van der Waals surface area contributed by atoms with Crippen LogP contribution in [0.25, 0.3) is 0 Å². The Morgan fingerprint density at radius 2 is 2.22 bits per heavy atom. The Morgan fingerprint density at radius 3 is 2.87 bits per heavy atom. The molecule has 2 amide bonds. The summed E-state index contributed by atoms with van der Waals surface area (Å²) < 4.78 is 5.24. The van der Waals surface area contributed by atoms with Crippen molar-refractivity contribution in [2.24, 2.45) is 5.92 Å². The number of carboxylic acids is 1. The summed E-state index contributed by atoms with van der Waals surface area (Å²) in [5.74, 6) is -1.26. The number of nitrogens with zero attached hydrogens (tertiary/aromatic N) is 2. The Bertz CT molecular complexity index is 617. The number of ether oxygens (including phenoxy) is 1. The molecule has 1 unspecified atom stereocenters. The third-order valence-corrected chi connectivity index (χ3v) is 3.30. The van der Waals surface area contributed by atoms with Crippen molar-refractivity contribution in [3.8, 4) is 5.75 Å². The quantitative estimate of drug-likeness (QED) is 0.786. The zero-order valence-electron chi connectivity index (χ0n) is 13.0. The fraction of sp³-hybridized carbons (Fsp3) is 0.467. The van der Waals surface area contributed by atoms with Gasteiger partial charge in [0.1, 0.15) is 12.6 Å². The van der Waals surface area contributed by atoms with Gasteiger partial charge in [0, 0.05) is 6.20 Å². The molecule has 1 aromatic rings. The summed E-state index contributed by atoms with van der Waals surface area (Å²) in [4.78, 5) is 40.5. The van der Waals surface area contributed by atoms with Crippen LogP contribution in [0.15, 0.2) is 18.3 Å². The average molecular weight is 321 g/mol. The number of rotatable bonds is 6. The molecule has 1 aliphatic heterocycles. The third-order valence-electron chi connectivity index (χ3n) is 3.30. The molecule has 0 aliphatic carbocycles. The van der Waals surface area contributed by atoms with Gasteiger partial charge >= 0.3 is 5.97 Å². The maximum atomic E-state index is 12.1. The summed E-state index contributed by atoms with van der Waals surface area (Å²) in [6, 6.07) is 2.33. The molecule has 1 aliphatic rings. The molecule has 1 aromatic heterocycles. The SMILES string of the molecule is CC(C)CC(NC(=O)CN1C(=O)COc2cccnc21)C(=O)O. The molecule has 124 valence electrons. The fourth-order valence-corrected chi connectivity index (χ4v) is 2.27. The summed E-state index contributed by atoms with van der Waals surface area (Å²) in [6.07, 6.45) is 1.80. The van der Waals surface area contributed by atoms with E-state index in [0.29, 0.717) is 12.2 Å². The number of pyridine rings is 1. The van der Waals surface area contributed by atoms with Crippen LogP contribution in [0.1, 0.15) is 20.3 Å². The molecule has 8 nitrogen and oxygen atoms in total. The lowest BCUT2D eigenvalue weighted by molar-refractivity contribution is -0.142. The number of hydrogen-bond donors (Lipinski definition) is 2. The number of nitrogens with one attached hydrogen (secondary N) is 1. The van der Waals surface area contributed by atoms with E-state index in [9.17, 15) is 14.4 Å². The van der Waals surface area contributed by atoms with Gasteiger partial charge in [-0.2, -0.15) is 0 Å². The second-order valence-corrected chi connectivity index (χ2v) is 5.68. The summed E-state index contributed by atoms with van der Waals surface area (Å²) in [5.41, 5.74) is 0. The molecule has 1 atom stereocenters. The van der Waals surface area contributed by atoms with Crippen LogP contribution in [0.5, 0.6) is 5.75 Å². The summed E-state index contributed by atoms with van der Waals surface area (Å²) in [6.45, 7) is 3.26. The first-order valence-electron chi connectivity index (χ1n) is 7.29. The number of carbonyl (C=O) groups excluding carboxylic acids is 2. The highest BCUT2D eigenvalue weighted by atomic mass is 16.5. The molecule has 0 radical (unpaired) electrons. The Kier molecular flexibility index (Phi) is 5.15. The number of carboxylic acid groups (broad SMARTS) is 1. The van der Waals surface area contributed by atoms with Gasteiger partial charge < -0.3 is 15.2 Å². The number of aliphatic carboxylic acids is 1. The number of hydrogen-bond acceptors (Lipinski definition) is 5. The normalized spacial score (nSPS) is 14.9. The van der Waals surface area contributed by atoms with Crippen LogP contribution in [-0.2, 0) is 14.4 Å². The second kappa shape index (κ2) is 7.08. The van der Waals surface area contributed by atoms with E-state index < -0.39 is 23.8 Å². The number of anilines is 1. The molecule has 0 aromatic carbocycles. The van der Waals surface area contributed by atoms with E-state index in [0.717, 1.165) is 0 Å². The molecule has 0 saturated carbocycles. The lowest BCUT2D eigenvalue weighted by Crippen LogP contribution is -2.49. The molecule has 0 fully saturated rings. The van der Waals surface area contributed by atoms with Crippen molar-refractivity contribution in [3.63, 3.8) is 0 Å². The van der Waals surface area contributed by atoms with E-state index >= 15 is 0 Å². The molecule has 0 saturated heterocycles. The van der Waals surface area contributed by atoms with Crippen LogP contribution < -0.4 is 15.0 Å². The van der Waals surface area contributed by atoms with Gasteiger partial charge in [0.05, 0.1) is 0 Å². The molecule has 2 heterocycles. The number of carbonyl (C=O) groups is 3. The van der Waals surface area contributed by atoms with E-state index in [1.54, 1.807) is 12.1 Å². The number of aromatic nitrogens is 1. The topological polar surface area (TPSA) is 109 Å². The van der Waals surface area contributed by atoms with Gasteiger partial charge in [-0.25, -0.2) is 9.78 Å². The third kappa shape index (κ3) is 4.18. The van der Waals surface area contributed by atoms with Crippen molar-refractivity contribution < 1.29 is 24.2 Å². The first-order chi connectivity index (χ1) is 10.9. The van der Waals surface area contributed by atoms with Crippen LogP contribution in [0.2, 0.25) is 0 Å². The predicted molar refractivity (Wildman–Crippen MR) is 81.1 cm³/mol. The van der Waals surface area contributed by atoms with E-state index in [1.165, 1.54) is 11.1 Å². The summed E-state index contributed by atoms with van der Waals surface area (Å²) >= 11 is 0. The van der Waals surface area contributed by atoms with Crippen molar-refractivity contribution in [2.45, 2.75) is 26.3 Å². The second-order valence-electron chi connectivity index (χ2n) is 5.68. The van der Waals surface area contributed by atoms with Crippen LogP contribution >= 0.6 is 0 Å². The first-order valence-corrected chi connectivity index (χ1v) is 7.29. The van der Waals surface area contributed by atoms with Crippen LogP contribution in [0.4, 0.5) is 5.82 Å². The molecule has 0 bridgehead atoms. The van der Waals surface area contributed by atoms with Gasteiger partial charge in [-0.1, -0.05) is 13.8 Å². The highest BCUT2D eigenvalue weighted by molar-refractivity contribution is 6.01. The first kappa shape index (κ1) is 16.7. The minimum Gasteiger partial charge on any atom is -0.480 e. The van der Waals surface area contributed by atoms with Gasteiger partial charge in [-0.15, -0.1) is 0 Å². The van der Waals surface area contributed by atoms with Gasteiger partial charge in [0.2, 0.25) is 5.91 Å². The summed E-state index contributed by atoms with van der Waals surface area (Å²) in [7, 11) is 0. The predicted octanol–water partition coefficient (Wildman–Crippen LogP) is 0.422. The van der Waals surface area contributed by atoms with E-state index in [4.69, 9.17) is 9.84 Å². The van der Waals surface area contributed by atoms with Crippen molar-refractivity contribution in [1.29, 1.82) is 0 Å². The average Bonchev–Trinajstić information content (AvgIpc) is 2.49. The monoisotopic (exact) mass is 321 g/mol. The van der Waals surface area contributed by atoms with Crippen LogP contribution in [-0.4, -0.2) is 47.1 Å². The largest absolute Gasteiger partial charge is 0.480 e. The van der Waals surface area contributed by atoms with E-state index in [-0.39, 0.29) is 24.9 Å². The van der Waals surface area contributed by atoms with E-state index in [2.05, 4.69) is 10.3 Å². The van der Waals surface area contributed by atoms with Crippen molar-refractivity contribution >= 4 is 23.6 Å². The summed E-state index contributed by atoms with van der Waals surface area (Å²) in [5, 5.41) is 11.6. The zero-order chi connectivity index (χ0) is 17.0. The van der Waals surface area contributed by atoms with Gasteiger partial charge in [-0.3, -0.25) is 14.5 Å². The van der Waals surface area contributed by atoms with Crippen molar-refractivity contribution in [2.75, 3.05) is 18.1 Å². The van der Waals surface area contributed by atoms with Crippen LogP contribution in [0.3, 0.4) is 0 Å². The lowest BCUT2D eigenvalue weighted by Gasteiger charge is -2.28. The molecule has 8 heteroatoms. The number of amides is 2. The minimum absolute atomic E-state index is 0.115. The van der Waals surface area contributed by atoms with Gasteiger partial charge in [-0.05, 0) is 24.5 Å². The Morgan fingerprint density at radius 1 is 1.48 bits per heavy atom. The standard InChI is InChI=1S/C15H19N3O5/c1-9(2)6-10(15(21)22)17-12(19)7-18-13(20)8-23-11-4-3-5-16-14(11)18/h3-5,9-10H,6-8H2,1-2H3,(H,17,19)(H,21,22). The Labute approximate surface area is 133 Å². The minimum atomic E-state index is -1.10. The lowest BCUT2D eigenvalue weighted by atomic mass is 10.0. The fourth-order valence-electron chi connectivity index (χ4n) is 2.27.